The molecular weight excluding hydrogens is 480 g/mol. The number of nitrogens with zero attached hydrogens (tertiary/aromatic N) is 4. The van der Waals surface area contributed by atoms with Crippen LogP contribution in [0.4, 0.5) is 0 Å². The SMILES string of the molecule is CC1(C)COC(c2ccc(C3=NC(C)(C)CO3)cc2)=N1.CC1COC(c2cccc(C3=NC(C)CO3)c2)=N1. The second-order valence-electron chi connectivity index (χ2n) is 11.4. The average Bonchev–Trinajstić information content (AvgIpc) is 3.67. The van der Waals surface area contributed by atoms with Crippen LogP contribution in [0.3, 0.4) is 0 Å². The van der Waals surface area contributed by atoms with Gasteiger partial charge in [-0.05, 0) is 84.0 Å². The van der Waals surface area contributed by atoms with Crippen LogP contribution in [0, 0.1) is 0 Å². The summed E-state index contributed by atoms with van der Waals surface area (Å²) in [6, 6.07) is 16.5. The highest BCUT2D eigenvalue weighted by Gasteiger charge is 2.29. The number of aliphatic imine (C=N–C) groups is 4. The molecule has 2 unspecified atom stereocenters. The van der Waals surface area contributed by atoms with Crippen molar-refractivity contribution in [1.82, 2.24) is 0 Å². The molecule has 0 N–H and O–H groups in total. The van der Waals surface area contributed by atoms with Crippen LogP contribution in [0.5, 0.6) is 0 Å². The van der Waals surface area contributed by atoms with Crippen molar-refractivity contribution < 1.29 is 18.9 Å². The van der Waals surface area contributed by atoms with Crippen LogP contribution >= 0.6 is 0 Å². The molecule has 8 nitrogen and oxygen atoms in total. The molecule has 200 valence electrons. The second-order valence-corrected chi connectivity index (χ2v) is 11.4. The molecule has 0 bridgehead atoms. The number of hydrogen-bond donors (Lipinski definition) is 0. The van der Waals surface area contributed by atoms with Crippen LogP contribution in [0.15, 0.2) is 68.5 Å². The average molecular weight is 517 g/mol. The third kappa shape index (κ3) is 6.06. The summed E-state index contributed by atoms with van der Waals surface area (Å²) >= 11 is 0. The van der Waals surface area contributed by atoms with Gasteiger partial charge in [0, 0.05) is 22.3 Å². The molecule has 0 amide bonds. The van der Waals surface area contributed by atoms with E-state index in [9.17, 15) is 0 Å². The molecular formula is C30H36N4O4. The fourth-order valence-electron chi connectivity index (χ4n) is 4.27. The lowest BCUT2D eigenvalue weighted by molar-refractivity contribution is 0.279. The summed E-state index contributed by atoms with van der Waals surface area (Å²) in [7, 11) is 0. The van der Waals surface area contributed by atoms with Crippen molar-refractivity contribution in [1.29, 1.82) is 0 Å². The molecule has 2 aromatic rings. The molecule has 8 heteroatoms. The standard InChI is InChI=1S/C16H20N2O2.C14H16N2O2/c1-15(2)9-19-13(17-15)11-5-7-12(8-6-11)14-18-16(3,4)10-20-14;1-9-7-17-13(15-9)11-4-3-5-12(6-11)14-16-10(2)8-18-14/h5-8H,9-10H2,1-4H3;3-6,9-10H,7-8H2,1-2H3. The van der Waals surface area contributed by atoms with E-state index in [1.54, 1.807) is 0 Å². The molecule has 0 radical (unpaired) electrons. The lowest BCUT2D eigenvalue weighted by Gasteiger charge is -2.07. The molecule has 0 fully saturated rings. The normalized spacial score (nSPS) is 24.5. The monoisotopic (exact) mass is 516 g/mol. The zero-order valence-corrected chi connectivity index (χ0v) is 23.0. The number of benzene rings is 2. The minimum absolute atomic E-state index is 0.128. The minimum Gasteiger partial charge on any atom is -0.475 e. The first-order valence-electron chi connectivity index (χ1n) is 13.2. The van der Waals surface area contributed by atoms with E-state index in [0.29, 0.717) is 26.4 Å². The van der Waals surface area contributed by atoms with E-state index in [4.69, 9.17) is 18.9 Å². The van der Waals surface area contributed by atoms with Gasteiger partial charge in [0.25, 0.3) is 0 Å². The highest BCUT2D eigenvalue weighted by Crippen LogP contribution is 2.23. The van der Waals surface area contributed by atoms with Gasteiger partial charge in [0.1, 0.15) is 26.4 Å². The maximum absolute atomic E-state index is 5.64. The van der Waals surface area contributed by atoms with Gasteiger partial charge >= 0.3 is 0 Å². The Labute approximate surface area is 224 Å². The predicted octanol–water partition coefficient (Wildman–Crippen LogP) is 4.81. The topological polar surface area (TPSA) is 86.4 Å². The lowest BCUT2D eigenvalue weighted by atomic mass is 10.1. The van der Waals surface area contributed by atoms with E-state index in [1.165, 1.54) is 0 Å². The van der Waals surface area contributed by atoms with Gasteiger partial charge in [0.15, 0.2) is 0 Å². The van der Waals surface area contributed by atoms with Crippen molar-refractivity contribution in [2.45, 2.75) is 64.7 Å². The van der Waals surface area contributed by atoms with Gasteiger partial charge in [-0.2, -0.15) is 0 Å². The maximum Gasteiger partial charge on any atom is 0.216 e. The first-order valence-corrected chi connectivity index (χ1v) is 13.2. The second kappa shape index (κ2) is 10.2. The Morgan fingerprint density at radius 1 is 0.579 bits per heavy atom. The molecule has 2 aromatic carbocycles. The lowest BCUT2D eigenvalue weighted by Crippen LogP contribution is -2.17. The van der Waals surface area contributed by atoms with Crippen molar-refractivity contribution in [2.75, 3.05) is 26.4 Å². The smallest absolute Gasteiger partial charge is 0.216 e. The van der Waals surface area contributed by atoms with E-state index in [1.807, 2.05) is 62.4 Å². The molecule has 38 heavy (non-hydrogen) atoms. The third-order valence-corrected chi connectivity index (χ3v) is 6.27. The van der Waals surface area contributed by atoms with Crippen LogP contribution in [0.1, 0.15) is 63.8 Å². The van der Waals surface area contributed by atoms with Crippen LogP contribution in [0.2, 0.25) is 0 Å². The molecule has 4 heterocycles. The summed E-state index contributed by atoms with van der Waals surface area (Å²) in [5.74, 6) is 2.87. The highest BCUT2D eigenvalue weighted by atomic mass is 16.5. The van der Waals surface area contributed by atoms with Crippen LogP contribution in [0.25, 0.3) is 0 Å². The summed E-state index contributed by atoms with van der Waals surface area (Å²) < 4.78 is 22.4. The maximum atomic E-state index is 5.64. The quantitative estimate of drug-likeness (QED) is 0.583. The fourth-order valence-corrected chi connectivity index (χ4v) is 4.27. The largest absolute Gasteiger partial charge is 0.475 e. The Balaban J connectivity index is 0.000000156. The van der Waals surface area contributed by atoms with Crippen molar-refractivity contribution >= 4 is 23.6 Å². The Morgan fingerprint density at radius 3 is 1.32 bits per heavy atom. The highest BCUT2D eigenvalue weighted by molar-refractivity contribution is 6.01. The summed E-state index contributed by atoms with van der Waals surface area (Å²) in [6.07, 6.45) is 0. The van der Waals surface area contributed by atoms with E-state index in [0.717, 1.165) is 45.8 Å². The van der Waals surface area contributed by atoms with Crippen molar-refractivity contribution in [2.24, 2.45) is 20.0 Å². The van der Waals surface area contributed by atoms with Gasteiger partial charge in [-0.1, -0.05) is 6.07 Å². The fraction of sp³-hybridized carbons (Fsp3) is 0.467. The van der Waals surface area contributed by atoms with Gasteiger partial charge in [0.2, 0.25) is 23.6 Å². The summed E-state index contributed by atoms with van der Waals surface area (Å²) in [5, 5.41) is 0. The molecule has 0 saturated carbocycles. The van der Waals surface area contributed by atoms with Crippen LogP contribution in [-0.2, 0) is 18.9 Å². The summed E-state index contributed by atoms with van der Waals surface area (Å²) in [5.41, 5.74) is 3.72. The number of rotatable bonds is 4. The Morgan fingerprint density at radius 2 is 1.00 bits per heavy atom. The zero-order valence-electron chi connectivity index (χ0n) is 23.0. The summed E-state index contributed by atoms with van der Waals surface area (Å²) in [6.45, 7) is 14.9. The van der Waals surface area contributed by atoms with Gasteiger partial charge in [-0.15, -0.1) is 0 Å². The molecule has 4 aliphatic rings. The predicted molar refractivity (Wildman–Crippen MR) is 150 cm³/mol. The third-order valence-electron chi connectivity index (χ3n) is 6.27. The van der Waals surface area contributed by atoms with Crippen molar-refractivity contribution in [3.8, 4) is 0 Å². The van der Waals surface area contributed by atoms with Gasteiger partial charge in [-0.25, -0.2) is 20.0 Å². The minimum atomic E-state index is -0.128. The van der Waals surface area contributed by atoms with Gasteiger partial charge < -0.3 is 18.9 Å². The molecule has 4 aliphatic heterocycles. The Kier molecular flexibility index (Phi) is 6.99. The van der Waals surface area contributed by atoms with Crippen molar-refractivity contribution in [3.05, 3.63) is 70.8 Å². The number of hydrogen-bond acceptors (Lipinski definition) is 8. The van der Waals surface area contributed by atoms with Crippen molar-refractivity contribution in [3.63, 3.8) is 0 Å². The summed E-state index contributed by atoms with van der Waals surface area (Å²) in [4.78, 5) is 18.1. The van der Waals surface area contributed by atoms with Crippen LogP contribution in [-0.4, -0.2) is 73.2 Å². The first kappa shape index (κ1) is 25.9. The molecule has 0 aliphatic carbocycles. The molecule has 0 spiro atoms. The first-order chi connectivity index (χ1) is 18.1. The zero-order chi connectivity index (χ0) is 26.9. The number of ether oxygens (including phenoxy) is 4. The van der Waals surface area contributed by atoms with E-state index in [-0.39, 0.29) is 23.2 Å². The Bertz CT molecular complexity index is 1210. The van der Waals surface area contributed by atoms with Gasteiger partial charge in [0.05, 0.1) is 23.2 Å². The molecule has 0 aromatic heterocycles. The van der Waals surface area contributed by atoms with E-state index in [2.05, 4.69) is 47.7 Å². The molecule has 2 atom stereocenters. The molecule has 0 saturated heterocycles. The van der Waals surface area contributed by atoms with E-state index >= 15 is 0 Å². The molecule has 6 rings (SSSR count). The van der Waals surface area contributed by atoms with E-state index < -0.39 is 0 Å². The Hall–Kier alpha value is -3.68. The van der Waals surface area contributed by atoms with Gasteiger partial charge in [-0.3, -0.25) is 0 Å². The van der Waals surface area contributed by atoms with Crippen LogP contribution < -0.4 is 0 Å².